The van der Waals surface area contributed by atoms with E-state index in [0.717, 1.165) is 51.4 Å². The number of allylic oxidation sites excluding steroid dienone is 2. The Morgan fingerprint density at radius 2 is 1.88 bits per heavy atom. The van der Waals surface area contributed by atoms with E-state index in [2.05, 4.69) is 19.9 Å². The van der Waals surface area contributed by atoms with E-state index >= 15 is 0 Å². The molecule has 0 aromatic carbocycles. The molecular weight excluding hydrogens is 416 g/mol. The molecule has 0 bridgehead atoms. The van der Waals surface area contributed by atoms with Gasteiger partial charge in [0.15, 0.2) is 0 Å². The first-order chi connectivity index (χ1) is 15.4. The van der Waals surface area contributed by atoms with E-state index in [0.29, 0.717) is 23.7 Å². The van der Waals surface area contributed by atoms with Gasteiger partial charge in [-0.25, -0.2) is 0 Å². The summed E-state index contributed by atoms with van der Waals surface area (Å²) < 4.78 is 11.5. The van der Waals surface area contributed by atoms with Crippen LogP contribution in [0.5, 0.6) is 0 Å². The van der Waals surface area contributed by atoms with Crippen molar-refractivity contribution in [3.8, 4) is 0 Å². The van der Waals surface area contributed by atoms with Gasteiger partial charge in [-0.1, -0.05) is 18.6 Å². The van der Waals surface area contributed by atoms with Crippen LogP contribution in [-0.4, -0.2) is 30.4 Å². The van der Waals surface area contributed by atoms with E-state index in [-0.39, 0.29) is 35.0 Å². The van der Waals surface area contributed by atoms with E-state index in [1.54, 1.807) is 0 Å². The first-order valence-electron chi connectivity index (χ1n) is 13.0. The molecule has 8 atom stereocenters. The molecule has 0 aliphatic heterocycles. The summed E-state index contributed by atoms with van der Waals surface area (Å²) in [5.74, 6) is 1.06. The van der Waals surface area contributed by atoms with E-state index in [4.69, 9.17) is 9.47 Å². The minimum Gasteiger partial charge on any atom is -0.463 e. The molecule has 4 aliphatic rings. The number of carbonyl (C=O) groups is 3. The molecule has 0 saturated heterocycles. The maximum atomic E-state index is 12.7. The van der Waals surface area contributed by atoms with Gasteiger partial charge in [-0.2, -0.15) is 0 Å². The third-order valence-electron chi connectivity index (χ3n) is 9.68. The maximum Gasteiger partial charge on any atom is 0.311 e. The van der Waals surface area contributed by atoms with Gasteiger partial charge in [-0.05, 0) is 102 Å². The number of ether oxygens (including phenoxy) is 2. The molecule has 33 heavy (non-hydrogen) atoms. The lowest BCUT2D eigenvalue weighted by molar-refractivity contribution is -0.165. The van der Waals surface area contributed by atoms with Crippen molar-refractivity contribution in [1.29, 1.82) is 0 Å². The molecule has 0 N–H and O–H groups in total. The Hall–Kier alpha value is -1.65. The lowest BCUT2D eigenvalue weighted by atomic mass is 9.45. The summed E-state index contributed by atoms with van der Waals surface area (Å²) in [6.45, 7) is 11.6. The fourth-order valence-electron chi connectivity index (χ4n) is 7.99. The van der Waals surface area contributed by atoms with Gasteiger partial charge >= 0.3 is 11.9 Å². The minimum atomic E-state index is -0.499. The number of hydrogen-bond donors (Lipinski definition) is 0. The topological polar surface area (TPSA) is 69.7 Å². The fraction of sp³-hybridized carbons (Fsp3) is 0.821. The normalized spacial score (nSPS) is 41.0. The molecule has 4 aliphatic carbocycles. The van der Waals surface area contributed by atoms with Crippen LogP contribution < -0.4 is 0 Å². The van der Waals surface area contributed by atoms with E-state index < -0.39 is 5.41 Å². The molecule has 0 aromatic heterocycles. The number of rotatable bonds is 4. The van der Waals surface area contributed by atoms with Crippen LogP contribution in [0.1, 0.15) is 92.9 Å². The smallest absolute Gasteiger partial charge is 0.311 e. The number of hydrogen-bond acceptors (Lipinski definition) is 5. The summed E-state index contributed by atoms with van der Waals surface area (Å²) >= 11 is 0. The van der Waals surface area contributed by atoms with Crippen LogP contribution in [0.25, 0.3) is 0 Å². The molecule has 3 saturated carbocycles. The summed E-state index contributed by atoms with van der Waals surface area (Å²) in [5, 5.41) is 0. The number of esters is 2. The van der Waals surface area contributed by atoms with Crippen molar-refractivity contribution in [2.45, 2.75) is 105 Å². The monoisotopic (exact) mass is 458 g/mol. The van der Waals surface area contributed by atoms with Crippen LogP contribution >= 0.6 is 0 Å². The Morgan fingerprint density at radius 1 is 1.15 bits per heavy atom. The molecule has 3 fully saturated rings. The molecular formula is C28H42O5. The molecule has 0 radical (unpaired) electrons. The van der Waals surface area contributed by atoms with Gasteiger partial charge in [0, 0.05) is 18.3 Å². The van der Waals surface area contributed by atoms with Crippen molar-refractivity contribution in [3.63, 3.8) is 0 Å². The zero-order valence-electron chi connectivity index (χ0n) is 21.3. The van der Waals surface area contributed by atoms with Crippen LogP contribution in [0, 0.1) is 39.9 Å². The summed E-state index contributed by atoms with van der Waals surface area (Å²) in [5.41, 5.74) is 0.764. The van der Waals surface area contributed by atoms with Crippen molar-refractivity contribution in [3.05, 3.63) is 11.6 Å². The van der Waals surface area contributed by atoms with Gasteiger partial charge < -0.3 is 14.3 Å². The first-order valence-corrected chi connectivity index (χ1v) is 13.0. The Bertz CT molecular complexity index is 838. The highest BCUT2D eigenvalue weighted by Gasteiger charge is 2.60. The van der Waals surface area contributed by atoms with Gasteiger partial charge in [0.05, 0.1) is 5.41 Å². The quantitative estimate of drug-likeness (QED) is 0.309. The van der Waals surface area contributed by atoms with E-state index in [1.165, 1.54) is 18.8 Å². The van der Waals surface area contributed by atoms with Crippen molar-refractivity contribution >= 4 is 18.2 Å². The van der Waals surface area contributed by atoms with Crippen molar-refractivity contribution in [1.82, 2.24) is 0 Å². The van der Waals surface area contributed by atoms with Gasteiger partial charge in [-0.15, -0.1) is 0 Å². The van der Waals surface area contributed by atoms with Gasteiger partial charge in [0.1, 0.15) is 18.5 Å². The SMILES string of the molecule is CC(=O)O[C@H]1CC[C@@]2(C=O)[C@@H](CC[C@H]3C4=CC[C@H]([C@H](C)OC(=O)C(C)(C)C)[C@@]4(C)CC[C@@H]32)C1. The average molecular weight is 459 g/mol. The second-order valence-corrected chi connectivity index (χ2v) is 12.5. The minimum absolute atomic E-state index is 0.0323. The van der Waals surface area contributed by atoms with Gasteiger partial charge in [0.2, 0.25) is 0 Å². The average Bonchev–Trinajstić information content (AvgIpc) is 3.09. The highest BCUT2D eigenvalue weighted by molar-refractivity contribution is 5.75. The maximum absolute atomic E-state index is 12.7. The summed E-state index contributed by atoms with van der Waals surface area (Å²) in [6, 6.07) is 0. The summed E-state index contributed by atoms with van der Waals surface area (Å²) in [4.78, 5) is 36.7. The van der Waals surface area contributed by atoms with Crippen LogP contribution in [-0.2, 0) is 23.9 Å². The third kappa shape index (κ3) is 4.08. The number of carbonyl (C=O) groups excluding carboxylic acids is 3. The van der Waals surface area contributed by atoms with Gasteiger partial charge in [0.25, 0.3) is 0 Å². The lowest BCUT2D eigenvalue weighted by Crippen LogP contribution is -2.55. The third-order valence-corrected chi connectivity index (χ3v) is 9.68. The molecule has 5 heteroatoms. The Balaban J connectivity index is 1.52. The Kier molecular flexibility index (Phi) is 6.33. The van der Waals surface area contributed by atoms with E-state index in [9.17, 15) is 14.4 Å². The predicted molar refractivity (Wildman–Crippen MR) is 126 cm³/mol. The van der Waals surface area contributed by atoms with Crippen LogP contribution in [0.4, 0.5) is 0 Å². The zero-order valence-corrected chi connectivity index (χ0v) is 21.3. The highest BCUT2D eigenvalue weighted by Crippen LogP contribution is 2.66. The fourth-order valence-corrected chi connectivity index (χ4v) is 7.99. The zero-order chi connectivity index (χ0) is 24.2. The summed E-state index contributed by atoms with van der Waals surface area (Å²) in [6.07, 6.45) is 11.1. The van der Waals surface area contributed by atoms with Crippen LogP contribution in [0.3, 0.4) is 0 Å². The molecule has 0 spiro atoms. The molecule has 0 aromatic rings. The van der Waals surface area contributed by atoms with Crippen molar-refractivity contribution < 1.29 is 23.9 Å². The second kappa shape index (κ2) is 8.53. The van der Waals surface area contributed by atoms with E-state index in [1.807, 2.05) is 20.8 Å². The highest BCUT2D eigenvalue weighted by atomic mass is 16.5. The van der Waals surface area contributed by atoms with Gasteiger partial charge in [-0.3, -0.25) is 9.59 Å². The molecule has 0 unspecified atom stereocenters. The second-order valence-electron chi connectivity index (χ2n) is 12.5. The molecule has 5 nitrogen and oxygen atoms in total. The largest absolute Gasteiger partial charge is 0.463 e. The Labute approximate surface area is 199 Å². The first kappa shape index (κ1) is 24.5. The molecule has 4 rings (SSSR count). The van der Waals surface area contributed by atoms with Crippen LogP contribution in [0.15, 0.2) is 11.6 Å². The number of aldehydes is 1. The molecule has 184 valence electrons. The van der Waals surface area contributed by atoms with Crippen molar-refractivity contribution in [2.24, 2.45) is 39.9 Å². The standard InChI is InChI=1S/C28H42O5/c1-17(32-25(31)26(3,4)5)22-9-10-23-21-8-7-19-15-20(33-18(2)30)11-14-28(19,16-29)24(21)12-13-27(22,23)6/h10,16-17,19-22,24H,7-9,11-15H2,1-6H3/t17-,19-,20-,21-,22+,24-,27+,28+/m0/s1. The van der Waals surface area contributed by atoms with Crippen molar-refractivity contribution in [2.75, 3.05) is 0 Å². The lowest BCUT2D eigenvalue weighted by Gasteiger charge is -2.58. The van der Waals surface area contributed by atoms with Crippen LogP contribution in [0.2, 0.25) is 0 Å². The number of fused-ring (bicyclic) bond motifs is 5. The molecule has 0 heterocycles. The predicted octanol–water partition coefficient (Wildman–Crippen LogP) is 5.65. The Morgan fingerprint density at radius 3 is 2.52 bits per heavy atom. The summed E-state index contributed by atoms with van der Waals surface area (Å²) in [7, 11) is 0. The molecule has 0 amide bonds.